The van der Waals surface area contributed by atoms with E-state index in [0.29, 0.717) is 23.2 Å². The average molecular weight is 415 g/mol. The largest absolute Gasteiger partial charge is 0.383 e. The molecule has 0 saturated carbocycles. The van der Waals surface area contributed by atoms with Crippen LogP contribution in [0, 0.1) is 5.82 Å². The number of piperazine rings is 1. The van der Waals surface area contributed by atoms with Crippen LogP contribution in [0.5, 0.6) is 0 Å². The van der Waals surface area contributed by atoms with Gasteiger partial charge in [0.05, 0.1) is 5.69 Å². The Kier molecular flexibility index (Phi) is 4.75. The minimum Gasteiger partial charge on any atom is -0.383 e. The Labute approximate surface area is 148 Å². The summed E-state index contributed by atoms with van der Waals surface area (Å²) in [4.78, 5) is 5.70. The molecule has 2 N–H and O–H groups in total. The summed E-state index contributed by atoms with van der Waals surface area (Å²) in [6, 6.07) is 7.92. The zero-order valence-corrected chi connectivity index (χ0v) is 15.1. The second kappa shape index (κ2) is 6.66. The molecule has 2 aromatic rings. The molecule has 6 nitrogen and oxygen atoms in total. The number of pyridine rings is 1. The van der Waals surface area contributed by atoms with Crippen molar-refractivity contribution in [3.05, 3.63) is 46.8 Å². The van der Waals surface area contributed by atoms with Gasteiger partial charge in [-0.25, -0.2) is 17.8 Å². The summed E-state index contributed by atoms with van der Waals surface area (Å²) < 4.78 is 41.3. The molecule has 2 heterocycles. The molecule has 0 bridgehead atoms. The number of aromatic nitrogens is 1. The van der Waals surface area contributed by atoms with Crippen molar-refractivity contribution in [2.75, 3.05) is 36.8 Å². The first kappa shape index (κ1) is 17.1. The number of sulfonamides is 1. The van der Waals surface area contributed by atoms with Gasteiger partial charge in [-0.05, 0) is 34.1 Å². The van der Waals surface area contributed by atoms with E-state index >= 15 is 0 Å². The minimum absolute atomic E-state index is 0.0174. The monoisotopic (exact) mass is 414 g/mol. The summed E-state index contributed by atoms with van der Waals surface area (Å²) in [5.41, 5.74) is 6.21. The molecule has 1 aliphatic rings. The summed E-state index contributed by atoms with van der Waals surface area (Å²) in [7, 11) is -3.74. The van der Waals surface area contributed by atoms with Gasteiger partial charge in [-0.15, -0.1) is 0 Å². The number of nitrogens with zero attached hydrogens (tertiary/aromatic N) is 3. The topological polar surface area (TPSA) is 79.5 Å². The fraction of sp³-hybridized carbons (Fsp3) is 0.267. The third-order valence-electron chi connectivity index (χ3n) is 3.90. The molecule has 128 valence electrons. The van der Waals surface area contributed by atoms with Crippen LogP contribution in [0.4, 0.5) is 15.9 Å². The first-order valence-electron chi connectivity index (χ1n) is 7.30. The fourth-order valence-corrected chi connectivity index (χ4v) is 4.65. The summed E-state index contributed by atoms with van der Waals surface area (Å²) >= 11 is 3.21. The van der Waals surface area contributed by atoms with Gasteiger partial charge in [-0.2, -0.15) is 4.31 Å². The lowest BCUT2D eigenvalue weighted by molar-refractivity contribution is 0.383. The number of rotatable bonds is 3. The van der Waals surface area contributed by atoms with Crippen LogP contribution in [-0.2, 0) is 10.0 Å². The van der Waals surface area contributed by atoms with E-state index in [4.69, 9.17) is 5.73 Å². The van der Waals surface area contributed by atoms with Crippen molar-refractivity contribution >= 4 is 37.5 Å². The predicted molar refractivity (Wildman–Crippen MR) is 93.7 cm³/mol. The van der Waals surface area contributed by atoms with Gasteiger partial charge in [0.1, 0.15) is 16.5 Å². The Balaban J connectivity index is 1.79. The number of hydrogen-bond donors (Lipinski definition) is 1. The van der Waals surface area contributed by atoms with Crippen molar-refractivity contribution in [3.63, 3.8) is 0 Å². The second-order valence-corrected chi connectivity index (χ2v) is 8.20. The van der Waals surface area contributed by atoms with Crippen LogP contribution in [0.25, 0.3) is 0 Å². The highest BCUT2D eigenvalue weighted by molar-refractivity contribution is 9.10. The van der Waals surface area contributed by atoms with E-state index in [2.05, 4.69) is 20.9 Å². The maximum absolute atomic E-state index is 13.9. The number of nitrogen functional groups attached to an aromatic ring is 1. The number of halogens is 2. The molecule has 1 aliphatic heterocycles. The van der Waals surface area contributed by atoms with Crippen molar-refractivity contribution in [1.29, 1.82) is 0 Å². The molecule has 0 spiro atoms. The standard InChI is InChI=1S/C15H16BrFN4O2S/c16-11-9-14(15(18)19-10-11)24(22,23)21-7-5-20(6-8-21)13-4-2-1-3-12(13)17/h1-4,9-10H,5-8H2,(H2,18,19). The van der Waals surface area contributed by atoms with Crippen LogP contribution in [0.1, 0.15) is 0 Å². The first-order valence-corrected chi connectivity index (χ1v) is 9.53. The molecular weight excluding hydrogens is 399 g/mol. The van der Waals surface area contributed by atoms with Gasteiger partial charge in [0.25, 0.3) is 0 Å². The van der Waals surface area contributed by atoms with Crippen molar-refractivity contribution < 1.29 is 12.8 Å². The Bertz CT molecular complexity index is 854. The van der Waals surface area contributed by atoms with Crippen LogP contribution in [0.2, 0.25) is 0 Å². The van der Waals surface area contributed by atoms with Crippen molar-refractivity contribution in [2.24, 2.45) is 0 Å². The molecule has 0 amide bonds. The SMILES string of the molecule is Nc1ncc(Br)cc1S(=O)(=O)N1CCN(c2ccccc2F)CC1. The summed E-state index contributed by atoms with van der Waals surface area (Å²) in [5.74, 6) is -0.344. The van der Waals surface area contributed by atoms with E-state index in [9.17, 15) is 12.8 Å². The maximum Gasteiger partial charge on any atom is 0.246 e. The minimum atomic E-state index is -3.74. The molecule has 24 heavy (non-hydrogen) atoms. The van der Waals surface area contributed by atoms with Crippen LogP contribution in [0.3, 0.4) is 0 Å². The van der Waals surface area contributed by atoms with Gasteiger partial charge in [0.15, 0.2) is 0 Å². The molecule has 1 aromatic heterocycles. The van der Waals surface area contributed by atoms with Crippen molar-refractivity contribution in [3.8, 4) is 0 Å². The maximum atomic E-state index is 13.9. The molecule has 1 saturated heterocycles. The lowest BCUT2D eigenvalue weighted by atomic mass is 10.2. The molecule has 9 heteroatoms. The van der Waals surface area contributed by atoms with E-state index in [-0.39, 0.29) is 29.6 Å². The van der Waals surface area contributed by atoms with E-state index in [1.165, 1.54) is 22.6 Å². The molecule has 1 fully saturated rings. The zero-order chi connectivity index (χ0) is 17.3. The summed E-state index contributed by atoms with van der Waals surface area (Å²) in [6.45, 7) is 1.31. The van der Waals surface area contributed by atoms with Crippen molar-refractivity contribution in [2.45, 2.75) is 4.90 Å². The zero-order valence-electron chi connectivity index (χ0n) is 12.7. The van der Waals surface area contributed by atoms with E-state index in [1.807, 2.05) is 4.90 Å². The smallest absolute Gasteiger partial charge is 0.246 e. The lowest BCUT2D eigenvalue weighted by Gasteiger charge is -2.35. The molecule has 0 aliphatic carbocycles. The number of para-hydroxylation sites is 1. The number of hydrogen-bond acceptors (Lipinski definition) is 5. The average Bonchev–Trinajstić information content (AvgIpc) is 2.57. The number of benzene rings is 1. The third-order valence-corrected chi connectivity index (χ3v) is 6.26. The van der Waals surface area contributed by atoms with Gasteiger partial charge >= 0.3 is 0 Å². The molecule has 0 unspecified atom stereocenters. The van der Waals surface area contributed by atoms with Gasteiger partial charge < -0.3 is 10.6 Å². The molecular formula is C15H16BrFN4O2S. The number of anilines is 2. The van der Waals surface area contributed by atoms with Crippen molar-refractivity contribution in [1.82, 2.24) is 9.29 Å². The van der Waals surface area contributed by atoms with Gasteiger partial charge in [-0.3, -0.25) is 0 Å². The van der Waals surface area contributed by atoms with Gasteiger partial charge in [-0.1, -0.05) is 12.1 Å². The Morgan fingerprint density at radius 3 is 2.50 bits per heavy atom. The summed E-state index contributed by atoms with van der Waals surface area (Å²) in [6.07, 6.45) is 1.45. The van der Waals surface area contributed by atoms with Crippen LogP contribution in [-0.4, -0.2) is 43.9 Å². The van der Waals surface area contributed by atoms with Gasteiger partial charge in [0, 0.05) is 36.8 Å². The highest BCUT2D eigenvalue weighted by atomic mass is 79.9. The van der Waals surface area contributed by atoms with Crippen LogP contribution in [0.15, 0.2) is 45.9 Å². The normalized spacial score (nSPS) is 16.3. The fourth-order valence-electron chi connectivity index (χ4n) is 2.65. The lowest BCUT2D eigenvalue weighted by Crippen LogP contribution is -2.49. The van der Waals surface area contributed by atoms with E-state index < -0.39 is 10.0 Å². The second-order valence-electron chi connectivity index (χ2n) is 5.38. The molecule has 1 aromatic carbocycles. The highest BCUT2D eigenvalue weighted by Gasteiger charge is 2.31. The molecule has 0 radical (unpaired) electrons. The highest BCUT2D eigenvalue weighted by Crippen LogP contribution is 2.26. The van der Waals surface area contributed by atoms with Gasteiger partial charge in [0.2, 0.25) is 10.0 Å². The number of nitrogens with two attached hydrogens (primary N) is 1. The Morgan fingerprint density at radius 1 is 1.17 bits per heavy atom. The molecule has 3 rings (SSSR count). The quantitative estimate of drug-likeness (QED) is 0.831. The van der Waals surface area contributed by atoms with Crippen LogP contribution >= 0.6 is 15.9 Å². The summed E-state index contributed by atoms with van der Waals surface area (Å²) in [5, 5.41) is 0. The first-order chi connectivity index (χ1) is 11.4. The Morgan fingerprint density at radius 2 is 1.83 bits per heavy atom. The molecule has 0 atom stereocenters. The van der Waals surface area contributed by atoms with Crippen LogP contribution < -0.4 is 10.6 Å². The predicted octanol–water partition coefficient (Wildman–Crippen LogP) is 2.08. The van der Waals surface area contributed by atoms with E-state index in [1.54, 1.807) is 18.2 Å². The van der Waals surface area contributed by atoms with E-state index in [0.717, 1.165) is 0 Å². The Hall–Kier alpha value is -1.71. The third kappa shape index (κ3) is 3.24.